The third-order valence-corrected chi connectivity index (χ3v) is 8.07. The highest BCUT2D eigenvalue weighted by molar-refractivity contribution is 7.92. The van der Waals surface area contributed by atoms with Crippen molar-refractivity contribution in [1.82, 2.24) is 10.3 Å². The Morgan fingerprint density at radius 3 is 2.50 bits per heavy atom. The molecule has 0 spiro atoms. The molecule has 6 nitrogen and oxygen atoms in total. The molecule has 1 saturated carbocycles. The SMILES string of the molecule is O=C(NCc1cccnc1)Nc1ccc(S(=O)(=O)C2CCC(Cl)C(Cl)C2)cc1. The Morgan fingerprint density at radius 1 is 1.11 bits per heavy atom. The van der Waals surface area contributed by atoms with Crippen molar-refractivity contribution >= 4 is 44.8 Å². The fourth-order valence-electron chi connectivity index (χ4n) is 3.11. The summed E-state index contributed by atoms with van der Waals surface area (Å²) in [5.74, 6) is 0. The minimum absolute atomic E-state index is 0.190. The molecule has 0 saturated heterocycles. The van der Waals surface area contributed by atoms with Gasteiger partial charge in [0.2, 0.25) is 0 Å². The molecule has 9 heteroatoms. The first-order valence-corrected chi connectivity index (χ1v) is 11.3. The standard InChI is InChI=1S/C19H21Cl2N3O3S/c20-17-8-7-16(10-18(17)21)28(26,27)15-5-3-14(4-6-15)24-19(25)23-12-13-2-1-9-22-11-13/h1-6,9,11,16-18H,7-8,10,12H2,(H2,23,24,25). The van der Waals surface area contributed by atoms with Crippen LogP contribution in [-0.4, -0.2) is 35.4 Å². The van der Waals surface area contributed by atoms with Crippen LogP contribution in [0.3, 0.4) is 0 Å². The highest BCUT2D eigenvalue weighted by atomic mass is 35.5. The van der Waals surface area contributed by atoms with Crippen LogP contribution in [0.25, 0.3) is 0 Å². The van der Waals surface area contributed by atoms with Gasteiger partial charge in [0.05, 0.1) is 20.9 Å². The van der Waals surface area contributed by atoms with Crippen LogP contribution in [0.1, 0.15) is 24.8 Å². The normalized spacial score (nSPS) is 22.4. The van der Waals surface area contributed by atoms with Gasteiger partial charge in [-0.05, 0) is 55.2 Å². The molecule has 1 aliphatic rings. The molecule has 0 aliphatic heterocycles. The fourth-order valence-corrected chi connectivity index (χ4v) is 5.59. The zero-order chi connectivity index (χ0) is 20.1. The maximum atomic E-state index is 12.8. The first kappa shape index (κ1) is 20.9. The quantitative estimate of drug-likeness (QED) is 0.687. The number of amides is 2. The predicted molar refractivity (Wildman–Crippen MR) is 111 cm³/mol. The third-order valence-electron chi connectivity index (χ3n) is 4.70. The summed E-state index contributed by atoms with van der Waals surface area (Å²) < 4.78 is 25.6. The van der Waals surface area contributed by atoms with Gasteiger partial charge >= 0.3 is 6.03 Å². The number of pyridine rings is 1. The lowest BCUT2D eigenvalue weighted by molar-refractivity contribution is 0.251. The number of sulfone groups is 1. The highest BCUT2D eigenvalue weighted by Crippen LogP contribution is 2.34. The van der Waals surface area contributed by atoms with Gasteiger partial charge in [0.1, 0.15) is 0 Å². The second-order valence-corrected chi connectivity index (χ2v) is 10.1. The van der Waals surface area contributed by atoms with E-state index < -0.39 is 15.1 Å². The molecule has 150 valence electrons. The molecule has 3 rings (SSSR count). The number of hydrogen-bond donors (Lipinski definition) is 2. The van der Waals surface area contributed by atoms with Gasteiger partial charge < -0.3 is 10.6 Å². The monoisotopic (exact) mass is 441 g/mol. The van der Waals surface area contributed by atoms with Crippen LogP contribution in [0.5, 0.6) is 0 Å². The summed E-state index contributed by atoms with van der Waals surface area (Å²) in [7, 11) is -3.49. The molecule has 3 atom stereocenters. The average molecular weight is 442 g/mol. The smallest absolute Gasteiger partial charge is 0.319 e. The van der Waals surface area contributed by atoms with Crippen molar-refractivity contribution in [3.8, 4) is 0 Å². The molecule has 1 heterocycles. The van der Waals surface area contributed by atoms with Crippen molar-refractivity contribution in [3.63, 3.8) is 0 Å². The molecule has 28 heavy (non-hydrogen) atoms. The predicted octanol–water partition coefficient (Wildman–Crippen LogP) is 3.94. The Morgan fingerprint density at radius 2 is 1.86 bits per heavy atom. The Labute approximate surface area is 174 Å². The molecule has 2 N–H and O–H groups in total. The van der Waals surface area contributed by atoms with Crippen LogP contribution in [0.2, 0.25) is 0 Å². The number of nitrogens with one attached hydrogen (secondary N) is 2. The second kappa shape index (κ2) is 9.11. The van der Waals surface area contributed by atoms with Crippen LogP contribution in [-0.2, 0) is 16.4 Å². The van der Waals surface area contributed by atoms with Gasteiger partial charge in [0.25, 0.3) is 0 Å². The van der Waals surface area contributed by atoms with Crippen molar-refractivity contribution in [1.29, 1.82) is 0 Å². The van der Waals surface area contributed by atoms with Gasteiger partial charge in [-0.1, -0.05) is 6.07 Å². The molecule has 3 unspecified atom stereocenters. The largest absolute Gasteiger partial charge is 0.334 e. The molecular weight excluding hydrogens is 421 g/mol. The zero-order valence-corrected chi connectivity index (χ0v) is 17.3. The highest BCUT2D eigenvalue weighted by Gasteiger charge is 2.36. The van der Waals surface area contributed by atoms with E-state index >= 15 is 0 Å². The molecule has 0 bridgehead atoms. The lowest BCUT2D eigenvalue weighted by Crippen LogP contribution is -2.34. The first-order valence-electron chi connectivity index (χ1n) is 8.92. The molecule has 2 amide bonds. The van der Waals surface area contributed by atoms with Gasteiger partial charge in [-0.15, -0.1) is 23.2 Å². The summed E-state index contributed by atoms with van der Waals surface area (Å²) in [4.78, 5) is 16.2. The van der Waals surface area contributed by atoms with Gasteiger partial charge in [0.15, 0.2) is 9.84 Å². The summed E-state index contributed by atoms with van der Waals surface area (Å²) >= 11 is 12.2. The molecule has 1 aromatic heterocycles. The van der Waals surface area contributed by atoms with Crippen LogP contribution in [0.4, 0.5) is 10.5 Å². The minimum atomic E-state index is -3.49. The van der Waals surface area contributed by atoms with Crippen molar-refractivity contribution in [2.75, 3.05) is 5.32 Å². The van der Waals surface area contributed by atoms with Gasteiger partial charge in [-0.3, -0.25) is 4.98 Å². The number of carbonyl (C=O) groups excluding carboxylic acids is 1. The summed E-state index contributed by atoms with van der Waals surface area (Å²) in [6, 6.07) is 9.41. The first-order chi connectivity index (χ1) is 13.4. The number of aromatic nitrogens is 1. The number of benzene rings is 1. The maximum Gasteiger partial charge on any atom is 0.319 e. The van der Waals surface area contributed by atoms with E-state index in [4.69, 9.17) is 23.2 Å². The Balaban J connectivity index is 1.59. The molecular formula is C19H21Cl2N3O3S. The molecule has 1 aromatic carbocycles. The minimum Gasteiger partial charge on any atom is -0.334 e. The van der Waals surface area contributed by atoms with Crippen LogP contribution in [0, 0.1) is 0 Å². The summed E-state index contributed by atoms with van der Waals surface area (Å²) in [5.41, 5.74) is 1.38. The van der Waals surface area contributed by atoms with E-state index in [-0.39, 0.29) is 21.7 Å². The second-order valence-electron chi connectivity index (χ2n) is 6.71. The van der Waals surface area contributed by atoms with Crippen molar-refractivity contribution in [2.24, 2.45) is 0 Å². The Hall–Kier alpha value is -1.83. The third kappa shape index (κ3) is 5.16. The van der Waals surface area contributed by atoms with Crippen molar-refractivity contribution in [2.45, 2.75) is 46.7 Å². The van der Waals surface area contributed by atoms with E-state index in [2.05, 4.69) is 15.6 Å². The van der Waals surface area contributed by atoms with Gasteiger partial charge in [-0.2, -0.15) is 0 Å². The van der Waals surface area contributed by atoms with Gasteiger partial charge in [-0.25, -0.2) is 13.2 Å². The van der Waals surface area contributed by atoms with E-state index in [1.54, 1.807) is 30.6 Å². The topological polar surface area (TPSA) is 88.2 Å². The van der Waals surface area contributed by atoms with E-state index in [1.165, 1.54) is 12.1 Å². The molecule has 1 aliphatic carbocycles. The molecule has 0 radical (unpaired) electrons. The molecule has 1 fully saturated rings. The number of hydrogen-bond acceptors (Lipinski definition) is 4. The maximum absolute atomic E-state index is 12.8. The Bertz CT molecular complexity index is 908. The number of halogens is 2. The number of alkyl halides is 2. The zero-order valence-electron chi connectivity index (χ0n) is 15.0. The van der Waals surface area contributed by atoms with Crippen molar-refractivity contribution < 1.29 is 13.2 Å². The average Bonchev–Trinajstić information content (AvgIpc) is 2.69. The number of carbonyl (C=O) groups is 1. The Kier molecular flexibility index (Phi) is 6.80. The number of rotatable bonds is 5. The lowest BCUT2D eigenvalue weighted by atomic mass is 9.99. The van der Waals surface area contributed by atoms with E-state index in [9.17, 15) is 13.2 Å². The van der Waals surface area contributed by atoms with E-state index in [0.717, 1.165) is 5.56 Å². The summed E-state index contributed by atoms with van der Waals surface area (Å²) in [5, 5.41) is 4.32. The lowest BCUT2D eigenvalue weighted by Gasteiger charge is -2.29. The van der Waals surface area contributed by atoms with Crippen LogP contribution in [0.15, 0.2) is 53.7 Å². The van der Waals surface area contributed by atoms with Crippen LogP contribution >= 0.6 is 23.2 Å². The van der Waals surface area contributed by atoms with E-state index in [1.807, 2.05) is 6.07 Å². The van der Waals surface area contributed by atoms with E-state index in [0.29, 0.717) is 31.5 Å². The summed E-state index contributed by atoms with van der Waals surface area (Å²) in [6.45, 7) is 0.342. The van der Waals surface area contributed by atoms with Crippen LogP contribution < -0.4 is 10.6 Å². The molecule has 2 aromatic rings. The number of urea groups is 1. The number of anilines is 1. The van der Waals surface area contributed by atoms with Gasteiger partial charge in [0, 0.05) is 24.6 Å². The number of nitrogens with zero attached hydrogens (tertiary/aromatic N) is 1. The van der Waals surface area contributed by atoms with Crippen molar-refractivity contribution in [3.05, 3.63) is 54.4 Å². The fraction of sp³-hybridized carbons (Fsp3) is 0.368. The summed E-state index contributed by atoms with van der Waals surface area (Å²) in [6.07, 6.45) is 4.75.